The van der Waals surface area contributed by atoms with Crippen LogP contribution in [-0.2, 0) is 12.8 Å². The average Bonchev–Trinajstić information content (AvgIpc) is 2.97. The number of pyridine rings is 2. The molecule has 0 bridgehead atoms. The second-order valence-electron chi connectivity index (χ2n) is 7.62. The molecule has 0 unspecified atom stereocenters. The van der Waals surface area contributed by atoms with E-state index in [1.54, 1.807) is 18.5 Å². The second-order valence-corrected chi connectivity index (χ2v) is 7.62. The number of hydrogen-bond acceptors (Lipinski definition) is 3. The number of fused-ring (bicyclic) bond motifs is 1. The van der Waals surface area contributed by atoms with E-state index in [0.29, 0.717) is 0 Å². The molecule has 2 N–H and O–H groups in total. The highest BCUT2D eigenvalue weighted by Gasteiger charge is 2.22. The number of nitrogens with zero attached hydrogens (tertiary/aromatic N) is 1. The maximum absolute atomic E-state index is 13.2. The molecule has 29 heavy (non-hydrogen) atoms. The quantitative estimate of drug-likeness (QED) is 0.668. The zero-order valence-corrected chi connectivity index (χ0v) is 16.6. The topological polar surface area (TPSA) is 74.8 Å². The molecule has 2 heterocycles. The minimum atomic E-state index is -0.358. The highest BCUT2D eigenvalue weighted by Crippen LogP contribution is 2.25. The lowest BCUT2D eigenvalue weighted by molar-refractivity contribution is 0.0941. The summed E-state index contributed by atoms with van der Waals surface area (Å²) in [4.78, 5) is 32.8. The molecule has 1 aliphatic rings. The molecule has 1 aromatic carbocycles. The molecule has 0 spiro atoms. The maximum Gasteiger partial charge on any atom is 0.261 e. The summed E-state index contributed by atoms with van der Waals surface area (Å²) in [7, 11) is 0. The lowest BCUT2D eigenvalue weighted by atomic mass is 9.95. The van der Waals surface area contributed by atoms with Gasteiger partial charge in [0, 0.05) is 18.1 Å². The largest absolute Gasteiger partial charge is 0.341 e. The summed E-state index contributed by atoms with van der Waals surface area (Å²) >= 11 is 0. The van der Waals surface area contributed by atoms with Crippen molar-refractivity contribution in [3.8, 4) is 0 Å². The Morgan fingerprint density at radius 3 is 2.62 bits per heavy atom. The Balaban J connectivity index is 1.70. The Kier molecular flexibility index (Phi) is 5.56. The first-order valence-corrected chi connectivity index (χ1v) is 10.1. The van der Waals surface area contributed by atoms with Gasteiger partial charge >= 0.3 is 0 Å². The number of benzene rings is 1. The summed E-state index contributed by atoms with van der Waals surface area (Å²) in [5, 5.41) is 3.08. The van der Waals surface area contributed by atoms with E-state index in [9.17, 15) is 9.59 Å². The molecule has 5 nitrogen and oxygen atoms in total. The zero-order valence-electron chi connectivity index (χ0n) is 16.6. The fraction of sp³-hybridized carbons (Fsp3) is 0.292. The molecule has 3 aromatic rings. The van der Waals surface area contributed by atoms with E-state index in [-0.39, 0.29) is 23.1 Å². The van der Waals surface area contributed by atoms with Crippen LogP contribution in [0.4, 0.5) is 0 Å². The standard InChI is InChI=1S/C24H25N3O2/c1-16-7-5-6-9-19(16)22(17-11-13-25-14-12-17)27-24(29)20-15-18-8-3-2-4-10-21(18)26-23(20)28/h5-7,9,11-15,22H,2-4,8,10H2,1H3,(H,26,28)(H,27,29)/t22-/m0/s1. The van der Waals surface area contributed by atoms with E-state index >= 15 is 0 Å². The third-order valence-electron chi connectivity index (χ3n) is 5.65. The molecular formula is C24H25N3O2. The van der Waals surface area contributed by atoms with Crippen molar-refractivity contribution >= 4 is 5.91 Å². The van der Waals surface area contributed by atoms with E-state index in [2.05, 4.69) is 15.3 Å². The van der Waals surface area contributed by atoms with E-state index < -0.39 is 0 Å². The van der Waals surface area contributed by atoms with Crippen LogP contribution in [-0.4, -0.2) is 15.9 Å². The number of carbonyl (C=O) groups is 1. The summed E-state index contributed by atoms with van der Waals surface area (Å²) in [5.41, 5.74) is 4.93. The summed E-state index contributed by atoms with van der Waals surface area (Å²) in [6.45, 7) is 2.02. The summed E-state index contributed by atoms with van der Waals surface area (Å²) in [6.07, 6.45) is 8.50. The van der Waals surface area contributed by atoms with Crippen molar-refractivity contribution in [2.45, 2.75) is 45.1 Å². The van der Waals surface area contributed by atoms with Crippen molar-refractivity contribution in [1.82, 2.24) is 15.3 Å². The fourth-order valence-electron chi connectivity index (χ4n) is 4.04. The van der Waals surface area contributed by atoms with E-state index in [4.69, 9.17) is 0 Å². The number of aromatic nitrogens is 2. The predicted octanol–water partition coefficient (Wildman–Crippen LogP) is 3.87. The van der Waals surface area contributed by atoms with E-state index in [0.717, 1.165) is 60.1 Å². The minimum absolute atomic E-state index is 0.179. The molecule has 0 saturated heterocycles. The van der Waals surface area contributed by atoms with Crippen molar-refractivity contribution in [2.75, 3.05) is 0 Å². The highest BCUT2D eigenvalue weighted by atomic mass is 16.2. The van der Waals surface area contributed by atoms with Gasteiger partial charge in [0.05, 0.1) is 6.04 Å². The van der Waals surface area contributed by atoms with Gasteiger partial charge in [-0.25, -0.2) is 0 Å². The minimum Gasteiger partial charge on any atom is -0.341 e. The van der Waals surface area contributed by atoms with Crippen LogP contribution >= 0.6 is 0 Å². The van der Waals surface area contributed by atoms with Gasteiger partial charge in [-0.05, 0) is 73.1 Å². The number of hydrogen-bond donors (Lipinski definition) is 2. The summed E-state index contributed by atoms with van der Waals surface area (Å²) < 4.78 is 0. The molecule has 0 saturated carbocycles. The van der Waals surface area contributed by atoms with Crippen LogP contribution in [0.25, 0.3) is 0 Å². The summed E-state index contributed by atoms with van der Waals surface area (Å²) in [6, 6.07) is 13.2. The van der Waals surface area contributed by atoms with Crippen LogP contribution in [0.5, 0.6) is 0 Å². The number of nitrogens with one attached hydrogen (secondary N) is 2. The lowest BCUT2D eigenvalue weighted by Gasteiger charge is -2.21. The number of aromatic amines is 1. The van der Waals surface area contributed by atoms with Crippen LogP contribution in [0.3, 0.4) is 0 Å². The molecule has 5 heteroatoms. The summed E-state index contributed by atoms with van der Waals surface area (Å²) in [5.74, 6) is -0.358. The lowest BCUT2D eigenvalue weighted by Crippen LogP contribution is -2.34. The zero-order chi connectivity index (χ0) is 20.2. The molecule has 1 atom stereocenters. The van der Waals surface area contributed by atoms with Crippen LogP contribution in [0.15, 0.2) is 59.7 Å². The molecule has 148 valence electrons. The number of aryl methyl sites for hydroxylation is 3. The van der Waals surface area contributed by atoms with Crippen LogP contribution in [0.1, 0.15) is 63.6 Å². The molecule has 0 fully saturated rings. The Morgan fingerprint density at radius 2 is 1.83 bits per heavy atom. The fourth-order valence-corrected chi connectivity index (χ4v) is 4.04. The first kappa shape index (κ1) is 19.1. The maximum atomic E-state index is 13.2. The molecule has 0 radical (unpaired) electrons. The van der Waals surface area contributed by atoms with Gasteiger partial charge in [0.15, 0.2) is 0 Å². The molecule has 4 rings (SSSR count). The van der Waals surface area contributed by atoms with Gasteiger partial charge in [-0.2, -0.15) is 0 Å². The Labute approximate surface area is 170 Å². The van der Waals surface area contributed by atoms with Crippen LogP contribution in [0.2, 0.25) is 0 Å². The Hall–Kier alpha value is -3.21. The van der Waals surface area contributed by atoms with Gasteiger partial charge in [0.1, 0.15) is 5.56 Å². The van der Waals surface area contributed by atoms with Gasteiger partial charge in [0.2, 0.25) is 0 Å². The predicted molar refractivity (Wildman–Crippen MR) is 113 cm³/mol. The first-order valence-electron chi connectivity index (χ1n) is 10.1. The van der Waals surface area contributed by atoms with E-state index in [1.165, 1.54) is 0 Å². The number of amides is 1. The molecule has 1 aliphatic carbocycles. The number of H-pyrrole nitrogens is 1. The van der Waals surface area contributed by atoms with Gasteiger partial charge in [-0.3, -0.25) is 14.6 Å². The molecular weight excluding hydrogens is 362 g/mol. The van der Waals surface area contributed by atoms with Crippen LogP contribution in [0, 0.1) is 6.92 Å². The van der Waals surface area contributed by atoms with Gasteiger partial charge in [-0.1, -0.05) is 30.7 Å². The van der Waals surface area contributed by atoms with Crippen molar-refractivity contribution in [1.29, 1.82) is 0 Å². The second kappa shape index (κ2) is 8.43. The van der Waals surface area contributed by atoms with Crippen molar-refractivity contribution in [3.05, 3.63) is 98.7 Å². The third-order valence-corrected chi connectivity index (χ3v) is 5.65. The molecule has 1 amide bonds. The van der Waals surface area contributed by atoms with Gasteiger partial charge in [0.25, 0.3) is 11.5 Å². The number of carbonyl (C=O) groups excluding carboxylic acids is 1. The smallest absolute Gasteiger partial charge is 0.261 e. The van der Waals surface area contributed by atoms with Crippen LogP contribution < -0.4 is 10.9 Å². The van der Waals surface area contributed by atoms with Crippen molar-refractivity contribution in [2.24, 2.45) is 0 Å². The highest BCUT2D eigenvalue weighted by molar-refractivity contribution is 5.94. The van der Waals surface area contributed by atoms with Crippen molar-refractivity contribution < 1.29 is 4.79 Å². The average molecular weight is 387 g/mol. The molecule has 0 aliphatic heterocycles. The molecule has 2 aromatic heterocycles. The Bertz CT molecular complexity index is 1070. The SMILES string of the molecule is Cc1ccccc1[C@@H](NC(=O)c1cc2c([nH]c1=O)CCCCC2)c1ccncc1. The van der Waals surface area contributed by atoms with Gasteiger partial charge in [-0.15, -0.1) is 0 Å². The Morgan fingerprint density at radius 1 is 1.07 bits per heavy atom. The van der Waals surface area contributed by atoms with Gasteiger partial charge < -0.3 is 10.3 Å². The monoisotopic (exact) mass is 387 g/mol. The first-order chi connectivity index (χ1) is 14.1. The number of rotatable bonds is 4. The van der Waals surface area contributed by atoms with E-state index in [1.807, 2.05) is 43.3 Å². The van der Waals surface area contributed by atoms with Crippen molar-refractivity contribution in [3.63, 3.8) is 0 Å². The normalized spacial score (nSPS) is 14.5. The third kappa shape index (κ3) is 4.14.